The van der Waals surface area contributed by atoms with Crippen LogP contribution in [0.15, 0.2) is 41.1 Å². The van der Waals surface area contributed by atoms with E-state index in [1.807, 2.05) is 24.3 Å². The molecule has 2 aromatic rings. The van der Waals surface area contributed by atoms with Crippen molar-refractivity contribution in [2.75, 3.05) is 7.11 Å². The largest absolute Gasteiger partial charge is 0.496 e. The number of ether oxygens (including phenoxy) is 1. The summed E-state index contributed by atoms with van der Waals surface area (Å²) in [5.74, 6) is 0.788. The molecular weight excluding hydrogens is 289 g/mol. The molecule has 0 fully saturated rings. The highest BCUT2D eigenvalue weighted by Crippen LogP contribution is 2.35. The fourth-order valence-corrected chi connectivity index (χ4v) is 2.07. The highest BCUT2D eigenvalue weighted by molar-refractivity contribution is 9.10. The monoisotopic (exact) mass is 297 g/mol. The highest BCUT2D eigenvalue weighted by atomic mass is 79.9. The molecule has 1 heterocycles. The van der Waals surface area contributed by atoms with Gasteiger partial charge in [-0.3, -0.25) is 4.98 Å². The first-order valence-corrected chi connectivity index (χ1v) is 5.83. The molecule has 82 valence electrons. The van der Waals surface area contributed by atoms with Gasteiger partial charge in [0.15, 0.2) is 0 Å². The van der Waals surface area contributed by atoms with Crippen molar-refractivity contribution < 1.29 is 4.74 Å². The zero-order chi connectivity index (χ0) is 11.5. The summed E-state index contributed by atoms with van der Waals surface area (Å²) < 4.78 is 6.29. The Balaban J connectivity index is 2.63. The van der Waals surface area contributed by atoms with Gasteiger partial charge in [0, 0.05) is 28.0 Å². The van der Waals surface area contributed by atoms with Gasteiger partial charge in [-0.2, -0.15) is 0 Å². The molecule has 0 saturated carbocycles. The molecule has 1 aromatic carbocycles. The maximum atomic E-state index is 6.11. The van der Waals surface area contributed by atoms with Crippen molar-refractivity contribution >= 4 is 27.5 Å². The van der Waals surface area contributed by atoms with Crippen molar-refractivity contribution in [3.05, 3.63) is 46.2 Å². The predicted octanol–water partition coefficient (Wildman–Crippen LogP) is 4.17. The number of hydrogen-bond acceptors (Lipinski definition) is 2. The molecule has 0 bridgehead atoms. The zero-order valence-electron chi connectivity index (χ0n) is 8.58. The average Bonchev–Trinajstić information content (AvgIpc) is 2.29. The minimum Gasteiger partial charge on any atom is -0.496 e. The second-order valence-electron chi connectivity index (χ2n) is 3.20. The minimum atomic E-state index is 0.610. The number of pyridine rings is 1. The Morgan fingerprint density at radius 3 is 2.75 bits per heavy atom. The highest BCUT2D eigenvalue weighted by Gasteiger charge is 2.09. The molecule has 4 heteroatoms. The molecule has 0 unspecified atom stereocenters. The molecular formula is C12H9BrClNO. The summed E-state index contributed by atoms with van der Waals surface area (Å²) in [6.07, 6.45) is 3.33. The Bertz CT molecular complexity index is 516. The topological polar surface area (TPSA) is 22.1 Å². The van der Waals surface area contributed by atoms with Crippen LogP contribution in [0.25, 0.3) is 11.1 Å². The summed E-state index contributed by atoms with van der Waals surface area (Å²) in [6.45, 7) is 0. The van der Waals surface area contributed by atoms with Gasteiger partial charge in [0.05, 0.1) is 12.1 Å². The van der Waals surface area contributed by atoms with E-state index >= 15 is 0 Å². The van der Waals surface area contributed by atoms with Crippen molar-refractivity contribution in [2.45, 2.75) is 0 Å². The van der Waals surface area contributed by atoms with Crippen molar-refractivity contribution in [3.63, 3.8) is 0 Å². The lowest BCUT2D eigenvalue weighted by Gasteiger charge is -2.10. The van der Waals surface area contributed by atoms with Gasteiger partial charge in [0.2, 0.25) is 0 Å². The number of rotatable bonds is 2. The van der Waals surface area contributed by atoms with E-state index in [1.54, 1.807) is 19.5 Å². The summed E-state index contributed by atoms with van der Waals surface area (Å²) in [5, 5.41) is 0.610. The summed E-state index contributed by atoms with van der Waals surface area (Å²) >= 11 is 9.54. The van der Waals surface area contributed by atoms with Crippen molar-refractivity contribution in [1.29, 1.82) is 0 Å². The fraction of sp³-hybridized carbons (Fsp3) is 0.0833. The van der Waals surface area contributed by atoms with Crippen molar-refractivity contribution in [2.24, 2.45) is 0 Å². The molecule has 0 aliphatic carbocycles. The van der Waals surface area contributed by atoms with Crippen LogP contribution in [0.4, 0.5) is 0 Å². The van der Waals surface area contributed by atoms with Gasteiger partial charge in [0.25, 0.3) is 0 Å². The molecule has 0 radical (unpaired) electrons. The predicted molar refractivity (Wildman–Crippen MR) is 68.9 cm³/mol. The first-order chi connectivity index (χ1) is 7.72. The Morgan fingerprint density at radius 1 is 1.25 bits per heavy atom. The van der Waals surface area contributed by atoms with Gasteiger partial charge in [-0.1, -0.05) is 27.5 Å². The standard InChI is InChI=1S/C12H9BrClNO/c1-16-12-3-2-8(13)6-10(12)9-4-5-15-7-11(9)14/h2-7H,1H3. The smallest absolute Gasteiger partial charge is 0.126 e. The van der Waals surface area contributed by atoms with Crippen LogP contribution in [0.3, 0.4) is 0 Å². The van der Waals surface area contributed by atoms with Crippen LogP contribution in [0.5, 0.6) is 5.75 Å². The number of methoxy groups -OCH3 is 1. The van der Waals surface area contributed by atoms with Gasteiger partial charge < -0.3 is 4.74 Å². The lowest BCUT2D eigenvalue weighted by Crippen LogP contribution is -1.89. The lowest BCUT2D eigenvalue weighted by atomic mass is 10.1. The molecule has 0 aliphatic rings. The summed E-state index contributed by atoms with van der Waals surface area (Å²) in [4.78, 5) is 3.96. The van der Waals surface area contributed by atoms with Crippen LogP contribution in [0.2, 0.25) is 5.02 Å². The van der Waals surface area contributed by atoms with Gasteiger partial charge in [-0.25, -0.2) is 0 Å². The maximum absolute atomic E-state index is 6.11. The third-order valence-electron chi connectivity index (χ3n) is 2.22. The van der Waals surface area contributed by atoms with Crippen LogP contribution < -0.4 is 4.74 Å². The van der Waals surface area contributed by atoms with Crippen LogP contribution in [-0.4, -0.2) is 12.1 Å². The lowest BCUT2D eigenvalue weighted by molar-refractivity contribution is 0.416. The average molecular weight is 299 g/mol. The van der Waals surface area contributed by atoms with Crippen molar-refractivity contribution in [3.8, 4) is 16.9 Å². The number of hydrogen-bond donors (Lipinski definition) is 0. The van der Waals surface area contributed by atoms with E-state index in [4.69, 9.17) is 16.3 Å². The first-order valence-electron chi connectivity index (χ1n) is 4.66. The molecule has 2 rings (SSSR count). The van der Waals surface area contributed by atoms with Crippen LogP contribution in [0.1, 0.15) is 0 Å². The second kappa shape index (κ2) is 4.85. The Labute approximate surface area is 107 Å². The summed E-state index contributed by atoms with van der Waals surface area (Å²) in [7, 11) is 1.64. The molecule has 0 aliphatic heterocycles. The van der Waals surface area contributed by atoms with Crippen LogP contribution >= 0.6 is 27.5 Å². The van der Waals surface area contributed by atoms with Crippen LogP contribution in [0, 0.1) is 0 Å². The number of nitrogens with zero attached hydrogens (tertiary/aromatic N) is 1. The Kier molecular flexibility index (Phi) is 3.46. The van der Waals surface area contributed by atoms with E-state index < -0.39 is 0 Å². The normalized spacial score (nSPS) is 10.2. The molecule has 0 atom stereocenters. The van der Waals surface area contributed by atoms with E-state index in [0.717, 1.165) is 21.3 Å². The van der Waals surface area contributed by atoms with E-state index in [2.05, 4.69) is 20.9 Å². The summed E-state index contributed by atoms with van der Waals surface area (Å²) in [6, 6.07) is 7.67. The zero-order valence-corrected chi connectivity index (χ0v) is 10.9. The number of benzene rings is 1. The maximum Gasteiger partial charge on any atom is 0.126 e. The molecule has 0 saturated heterocycles. The molecule has 0 N–H and O–H groups in total. The van der Waals surface area contributed by atoms with Gasteiger partial charge >= 0.3 is 0 Å². The van der Waals surface area contributed by atoms with E-state index in [9.17, 15) is 0 Å². The van der Waals surface area contributed by atoms with Crippen molar-refractivity contribution in [1.82, 2.24) is 4.98 Å². The first kappa shape index (κ1) is 11.4. The summed E-state index contributed by atoms with van der Waals surface area (Å²) in [5.41, 5.74) is 1.86. The number of halogens is 2. The molecule has 0 amide bonds. The number of aromatic nitrogens is 1. The quantitative estimate of drug-likeness (QED) is 0.830. The SMILES string of the molecule is COc1ccc(Br)cc1-c1ccncc1Cl. The van der Waals surface area contributed by atoms with E-state index in [-0.39, 0.29) is 0 Å². The van der Waals surface area contributed by atoms with E-state index in [1.165, 1.54) is 0 Å². The Morgan fingerprint density at radius 2 is 2.06 bits per heavy atom. The third-order valence-corrected chi connectivity index (χ3v) is 3.02. The van der Waals surface area contributed by atoms with E-state index in [0.29, 0.717) is 5.02 Å². The van der Waals surface area contributed by atoms with Gasteiger partial charge in [0.1, 0.15) is 5.75 Å². The fourth-order valence-electron chi connectivity index (χ4n) is 1.48. The third kappa shape index (κ3) is 2.20. The molecule has 16 heavy (non-hydrogen) atoms. The minimum absolute atomic E-state index is 0.610. The van der Waals surface area contributed by atoms with Gasteiger partial charge in [-0.15, -0.1) is 0 Å². The molecule has 1 aromatic heterocycles. The Hall–Kier alpha value is -1.06. The second-order valence-corrected chi connectivity index (χ2v) is 4.52. The molecule has 2 nitrogen and oxygen atoms in total. The van der Waals surface area contributed by atoms with Gasteiger partial charge in [-0.05, 0) is 24.3 Å². The molecule has 0 spiro atoms. The van der Waals surface area contributed by atoms with Crippen LogP contribution in [-0.2, 0) is 0 Å².